The second kappa shape index (κ2) is 4.41. The molecule has 0 aliphatic rings. The van der Waals surface area contributed by atoms with Crippen molar-refractivity contribution in [2.24, 2.45) is 0 Å². The second-order valence-electron chi connectivity index (χ2n) is 3.59. The van der Waals surface area contributed by atoms with E-state index in [9.17, 15) is 8.78 Å². The minimum Gasteiger partial charge on any atom is -0.497 e. The smallest absolute Gasteiger partial charge is 0.134 e. The van der Waals surface area contributed by atoms with Gasteiger partial charge in [-0.15, -0.1) is 0 Å². The Hall–Kier alpha value is -2.10. The summed E-state index contributed by atoms with van der Waals surface area (Å²) in [5.41, 5.74) is 6.25. The Morgan fingerprint density at radius 1 is 0.941 bits per heavy atom. The van der Waals surface area contributed by atoms with Crippen LogP contribution >= 0.6 is 0 Å². The predicted molar refractivity (Wildman–Crippen MR) is 62.8 cm³/mol. The number of anilines is 1. The maximum Gasteiger partial charge on any atom is 0.134 e. The van der Waals surface area contributed by atoms with Crippen LogP contribution in [0.4, 0.5) is 14.5 Å². The Balaban J connectivity index is 2.56. The van der Waals surface area contributed by atoms with Gasteiger partial charge in [-0.2, -0.15) is 0 Å². The first-order valence-electron chi connectivity index (χ1n) is 5.01. The van der Waals surface area contributed by atoms with Gasteiger partial charge in [-0.1, -0.05) is 0 Å². The van der Waals surface area contributed by atoms with Crippen molar-refractivity contribution in [3.05, 3.63) is 48.0 Å². The van der Waals surface area contributed by atoms with E-state index in [1.807, 2.05) is 0 Å². The summed E-state index contributed by atoms with van der Waals surface area (Å²) in [6.07, 6.45) is 0. The normalized spacial score (nSPS) is 10.3. The van der Waals surface area contributed by atoms with E-state index in [2.05, 4.69) is 0 Å². The third kappa shape index (κ3) is 2.20. The van der Waals surface area contributed by atoms with Crippen molar-refractivity contribution in [3.63, 3.8) is 0 Å². The zero-order valence-corrected chi connectivity index (χ0v) is 9.21. The van der Waals surface area contributed by atoms with Gasteiger partial charge in [0.15, 0.2) is 0 Å². The summed E-state index contributed by atoms with van der Waals surface area (Å²) in [5.74, 6) is -0.673. The summed E-state index contributed by atoms with van der Waals surface area (Å²) in [4.78, 5) is 0. The first-order valence-corrected chi connectivity index (χ1v) is 5.01. The molecule has 2 aromatic rings. The highest BCUT2D eigenvalue weighted by atomic mass is 19.1. The molecule has 4 heteroatoms. The van der Waals surface area contributed by atoms with E-state index in [1.54, 1.807) is 6.07 Å². The lowest BCUT2D eigenvalue weighted by atomic mass is 10.0. The highest BCUT2D eigenvalue weighted by molar-refractivity contribution is 5.69. The van der Waals surface area contributed by atoms with Crippen molar-refractivity contribution in [1.29, 1.82) is 0 Å². The first-order chi connectivity index (χ1) is 8.11. The van der Waals surface area contributed by atoms with Crippen LogP contribution in [0.15, 0.2) is 36.4 Å². The predicted octanol–water partition coefficient (Wildman–Crippen LogP) is 3.22. The number of halogens is 2. The molecule has 2 nitrogen and oxygen atoms in total. The van der Waals surface area contributed by atoms with E-state index in [0.29, 0.717) is 11.4 Å². The number of ether oxygens (including phenoxy) is 1. The van der Waals surface area contributed by atoms with Crippen LogP contribution in [0.25, 0.3) is 11.1 Å². The lowest BCUT2D eigenvalue weighted by Gasteiger charge is -2.07. The molecule has 0 aliphatic heterocycles. The van der Waals surface area contributed by atoms with E-state index in [4.69, 9.17) is 10.5 Å². The van der Waals surface area contributed by atoms with Gasteiger partial charge in [0, 0.05) is 22.9 Å². The average molecular weight is 235 g/mol. The maximum absolute atomic E-state index is 13.7. The number of methoxy groups -OCH3 is 1. The van der Waals surface area contributed by atoms with Gasteiger partial charge in [-0.3, -0.25) is 0 Å². The molecule has 2 aromatic carbocycles. The molecule has 2 N–H and O–H groups in total. The zero-order chi connectivity index (χ0) is 12.4. The van der Waals surface area contributed by atoms with E-state index < -0.39 is 11.6 Å². The van der Waals surface area contributed by atoms with E-state index in [1.165, 1.54) is 37.4 Å². The van der Waals surface area contributed by atoms with Crippen molar-refractivity contribution >= 4 is 5.69 Å². The van der Waals surface area contributed by atoms with Gasteiger partial charge < -0.3 is 10.5 Å². The number of hydrogen-bond acceptors (Lipinski definition) is 2. The highest BCUT2D eigenvalue weighted by Crippen LogP contribution is 2.29. The molecular weight excluding hydrogens is 224 g/mol. The van der Waals surface area contributed by atoms with Gasteiger partial charge in [0.05, 0.1) is 7.11 Å². The van der Waals surface area contributed by atoms with Crippen molar-refractivity contribution in [3.8, 4) is 16.9 Å². The lowest BCUT2D eigenvalue weighted by Crippen LogP contribution is -1.93. The summed E-state index contributed by atoms with van der Waals surface area (Å²) in [7, 11) is 1.44. The van der Waals surface area contributed by atoms with Crippen molar-refractivity contribution in [2.45, 2.75) is 0 Å². The van der Waals surface area contributed by atoms with Crippen molar-refractivity contribution < 1.29 is 13.5 Å². The molecule has 0 bridgehead atoms. The summed E-state index contributed by atoms with van der Waals surface area (Å²) in [6, 6.07) is 8.29. The zero-order valence-electron chi connectivity index (χ0n) is 9.21. The second-order valence-corrected chi connectivity index (χ2v) is 3.59. The van der Waals surface area contributed by atoms with Gasteiger partial charge in [0.1, 0.15) is 17.4 Å². The van der Waals surface area contributed by atoms with Crippen molar-refractivity contribution in [1.82, 2.24) is 0 Å². The van der Waals surface area contributed by atoms with Gasteiger partial charge in [-0.25, -0.2) is 8.78 Å². The Morgan fingerprint density at radius 3 is 2.35 bits per heavy atom. The molecule has 0 spiro atoms. The molecule has 0 atom stereocenters. The van der Waals surface area contributed by atoms with Crippen LogP contribution < -0.4 is 10.5 Å². The Morgan fingerprint density at radius 2 is 1.71 bits per heavy atom. The molecule has 2 rings (SSSR count). The van der Waals surface area contributed by atoms with Crippen LogP contribution in [0.2, 0.25) is 0 Å². The number of hydrogen-bond donors (Lipinski definition) is 1. The van der Waals surface area contributed by atoms with Crippen LogP contribution in [-0.4, -0.2) is 7.11 Å². The molecule has 0 saturated heterocycles. The van der Waals surface area contributed by atoms with Crippen LogP contribution in [0.1, 0.15) is 0 Å². The van der Waals surface area contributed by atoms with Crippen LogP contribution in [0, 0.1) is 11.6 Å². The number of rotatable bonds is 2. The van der Waals surface area contributed by atoms with Gasteiger partial charge in [0.25, 0.3) is 0 Å². The Kier molecular flexibility index (Phi) is 2.95. The minimum atomic E-state index is -0.547. The molecule has 0 aromatic heterocycles. The molecule has 88 valence electrons. The number of nitrogens with two attached hydrogens (primary N) is 1. The molecule has 0 fully saturated rings. The molecule has 0 heterocycles. The van der Waals surface area contributed by atoms with Gasteiger partial charge >= 0.3 is 0 Å². The standard InChI is InChI=1S/C13H11F2NO/c1-17-9-3-4-10(13(15)7-9)11-6-8(16)2-5-12(11)14/h2-7H,16H2,1H3. The fourth-order valence-electron chi connectivity index (χ4n) is 1.59. The highest BCUT2D eigenvalue weighted by Gasteiger charge is 2.11. The first kappa shape index (κ1) is 11.4. The average Bonchev–Trinajstić information content (AvgIpc) is 2.32. The van der Waals surface area contributed by atoms with Gasteiger partial charge in [-0.05, 0) is 30.3 Å². The van der Waals surface area contributed by atoms with Crippen molar-refractivity contribution in [2.75, 3.05) is 12.8 Å². The number of benzene rings is 2. The summed E-state index contributed by atoms with van der Waals surface area (Å²) >= 11 is 0. The fourth-order valence-corrected chi connectivity index (χ4v) is 1.59. The van der Waals surface area contributed by atoms with E-state index in [-0.39, 0.29) is 11.1 Å². The molecular formula is C13H11F2NO. The topological polar surface area (TPSA) is 35.2 Å². The Labute approximate surface area is 97.6 Å². The maximum atomic E-state index is 13.7. The minimum absolute atomic E-state index is 0.144. The SMILES string of the molecule is COc1ccc(-c2cc(N)ccc2F)c(F)c1. The quantitative estimate of drug-likeness (QED) is 0.811. The molecule has 0 amide bonds. The molecule has 0 aliphatic carbocycles. The number of nitrogen functional groups attached to an aromatic ring is 1. The van der Waals surface area contributed by atoms with E-state index >= 15 is 0 Å². The molecule has 17 heavy (non-hydrogen) atoms. The molecule has 0 saturated carbocycles. The van der Waals surface area contributed by atoms with Crippen LogP contribution in [0.3, 0.4) is 0 Å². The summed E-state index contributed by atoms with van der Waals surface area (Å²) in [6.45, 7) is 0. The third-order valence-electron chi connectivity index (χ3n) is 2.46. The van der Waals surface area contributed by atoms with Crippen LogP contribution in [-0.2, 0) is 0 Å². The molecule has 0 unspecified atom stereocenters. The van der Waals surface area contributed by atoms with E-state index in [0.717, 1.165) is 0 Å². The lowest BCUT2D eigenvalue weighted by molar-refractivity contribution is 0.411. The fraction of sp³-hybridized carbons (Fsp3) is 0.0769. The van der Waals surface area contributed by atoms with Gasteiger partial charge in [0.2, 0.25) is 0 Å². The summed E-state index contributed by atoms with van der Waals surface area (Å²) in [5, 5.41) is 0. The van der Waals surface area contributed by atoms with Crippen LogP contribution in [0.5, 0.6) is 5.75 Å². The monoisotopic (exact) mass is 235 g/mol. The Bertz CT molecular complexity index is 555. The third-order valence-corrected chi connectivity index (χ3v) is 2.46. The largest absolute Gasteiger partial charge is 0.497 e. The molecule has 0 radical (unpaired) electrons. The summed E-state index contributed by atoms with van der Waals surface area (Å²) < 4.78 is 32.2.